The van der Waals surface area contributed by atoms with Gasteiger partial charge in [0.25, 0.3) is 0 Å². The molecule has 0 unspecified atom stereocenters. The molecule has 0 amide bonds. The average Bonchev–Trinajstić information content (AvgIpc) is 2.17. The Morgan fingerprint density at radius 2 is 2.33 bits per heavy atom. The van der Waals surface area contributed by atoms with Crippen LogP contribution >= 0.6 is 0 Å². The van der Waals surface area contributed by atoms with Gasteiger partial charge in [0, 0.05) is 0 Å². The second kappa shape index (κ2) is 3.88. The van der Waals surface area contributed by atoms with Crippen LogP contribution in [0.5, 0.6) is 0 Å². The first kappa shape index (κ1) is 8.74. The molecular formula is C9H10O3. The van der Waals surface area contributed by atoms with Gasteiger partial charge in [-0.2, -0.15) is 5.26 Å². The molecule has 0 fully saturated rings. The second-order valence-corrected chi connectivity index (χ2v) is 2.43. The summed E-state index contributed by atoms with van der Waals surface area (Å²) in [5, 5.41) is 8.10. The van der Waals surface area contributed by atoms with E-state index in [9.17, 15) is 4.79 Å². The quantitative estimate of drug-likeness (QED) is 0.539. The van der Waals surface area contributed by atoms with Crippen molar-refractivity contribution < 1.29 is 14.9 Å². The van der Waals surface area contributed by atoms with E-state index in [1.54, 1.807) is 18.2 Å². The maximum absolute atomic E-state index is 10.8. The van der Waals surface area contributed by atoms with Gasteiger partial charge in [0.15, 0.2) is 0 Å². The molecule has 12 heavy (non-hydrogen) atoms. The molecule has 1 aromatic carbocycles. The van der Waals surface area contributed by atoms with E-state index in [1.165, 1.54) is 0 Å². The smallest absolute Gasteiger partial charge is 0.296 e. The van der Waals surface area contributed by atoms with Crippen molar-refractivity contribution in [2.75, 3.05) is 0 Å². The second-order valence-electron chi connectivity index (χ2n) is 2.43. The average molecular weight is 166 g/mol. The zero-order chi connectivity index (χ0) is 8.97. The predicted molar refractivity (Wildman–Crippen MR) is 43.9 cm³/mol. The summed E-state index contributed by atoms with van der Waals surface area (Å²) in [5.74, 6) is -0.717. The van der Waals surface area contributed by atoms with E-state index in [4.69, 9.17) is 5.26 Å². The molecule has 0 saturated heterocycles. The summed E-state index contributed by atoms with van der Waals surface area (Å²) in [6, 6.07) is 6.95. The van der Waals surface area contributed by atoms with Crippen LogP contribution in [0.15, 0.2) is 24.3 Å². The Hall–Kier alpha value is -1.35. The van der Waals surface area contributed by atoms with Crippen LogP contribution in [-0.4, -0.2) is 11.2 Å². The number of hydrogen-bond donors (Lipinski definition) is 1. The first-order valence-corrected chi connectivity index (χ1v) is 3.72. The van der Waals surface area contributed by atoms with Crippen LogP contribution in [0.3, 0.4) is 0 Å². The lowest BCUT2D eigenvalue weighted by molar-refractivity contribution is -0.182. The highest BCUT2D eigenvalue weighted by Gasteiger charge is 2.05. The Labute approximate surface area is 70.5 Å². The minimum absolute atomic E-state index is 0.372. The van der Waals surface area contributed by atoms with Crippen molar-refractivity contribution in [1.82, 2.24) is 0 Å². The Morgan fingerprint density at radius 3 is 2.92 bits per heavy atom. The molecule has 0 spiro atoms. The molecule has 0 aliphatic carbocycles. The van der Waals surface area contributed by atoms with Crippen molar-refractivity contribution in [3.63, 3.8) is 0 Å². The summed E-state index contributed by atoms with van der Waals surface area (Å²) in [6.45, 7) is 1.99. The number of aryl methyl sites for hydroxylation is 1. The maximum atomic E-state index is 10.8. The van der Waals surface area contributed by atoms with Gasteiger partial charge < -0.3 is 0 Å². The Morgan fingerprint density at radius 1 is 1.58 bits per heavy atom. The molecule has 0 heterocycles. The molecule has 64 valence electrons. The third-order valence-electron chi connectivity index (χ3n) is 1.65. The summed E-state index contributed by atoms with van der Waals surface area (Å²) in [4.78, 5) is 14.4. The van der Waals surface area contributed by atoms with Gasteiger partial charge >= 0.3 is 5.97 Å². The van der Waals surface area contributed by atoms with E-state index in [-0.39, 0.29) is 0 Å². The molecular weight excluding hydrogens is 156 g/mol. The lowest BCUT2D eigenvalue weighted by atomic mass is 10.1. The monoisotopic (exact) mass is 166 g/mol. The third-order valence-corrected chi connectivity index (χ3v) is 1.65. The number of hydrogen-bond acceptors (Lipinski definition) is 3. The van der Waals surface area contributed by atoms with Gasteiger partial charge in [-0.1, -0.05) is 19.1 Å². The zero-order valence-corrected chi connectivity index (χ0v) is 6.78. The molecule has 0 saturated carbocycles. The fourth-order valence-corrected chi connectivity index (χ4v) is 0.971. The van der Waals surface area contributed by atoms with Crippen LogP contribution in [-0.2, 0) is 11.3 Å². The van der Waals surface area contributed by atoms with Crippen molar-refractivity contribution in [1.29, 1.82) is 0 Å². The van der Waals surface area contributed by atoms with Crippen LogP contribution in [0.25, 0.3) is 0 Å². The predicted octanol–water partition coefficient (Wildman–Crippen LogP) is 1.88. The van der Waals surface area contributed by atoms with Crippen molar-refractivity contribution in [3.8, 4) is 0 Å². The minimum Gasteiger partial charge on any atom is -0.296 e. The van der Waals surface area contributed by atoms with E-state index in [0.717, 1.165) is 12.0 Å². The van der Waals surface area contributed by atoms with Crippen molar-refractivity contribution in [3.05, 3.63) is 35.4 Å². The molecule has 0 aliphatic rings. The normalized spacial score (nSPS) is 9.50. The van der Waals surface area contributed by atoms with Gasteiger partial charge in [-0.25, -0.2) is 4.79 Å². The van der Waals surface area contributed by atoms with E-state index < -0.39 is 5.97 Å². The molecule has 1 rings (SSSR count). The molecule has 0 aliphatic heterocycles. The molecule has 3 nitrogen and oxygen atoms in total. The van der Waals surface area contributed by atoms with Gasteiger partial charge in [0.2, 0.25) is 0 Å². The number of carbonyl (C=O) groups excluding carboxylic acids is 1. The van der Waals surface area contributed by atoms with Crippen molar-refractivity contribution >= 4 is 5.97 Å². The van der Waals surface area contributed by atoms with Crippen LogP contribution in [0.4, 0.5) is 0 Å². The number of rotatable bonds is 2. The molecule has 0 bridgehead atoms. The summed E-state index contributed by atoms with van der Waals surface area (Å²) in [6.07, 6.45) is 0.854. The Bertz CT molecular complexity index is 281. The van der Waals surface area contributed by atoms with Crippen LogP contribution < -0.4 is 0 Å². The number of benzene rings is 1. The Kier molecular flexibility index (Phi) is 2.82. The largest absolute Gasteiger partial charge is 0.372 e. The lowest BCUT2D eigenvalue weighted by Gasteiger charge is -1.98. The molecule has 1 aromatic rings. The fourth-order valence-electron chi connectivity index (χ4n) is 0.971. The van der Waals surface area contributed by atoms with Gasteiger partial charge in [-0.15, -0.1) is 0 Å². The Balaban J connectivity index is 2.93. The zero-order valence-electron chi connectivity index (χ0n) is 6.78. The van der Waals surface area contributed by atoms with Crippen LogP contribution in [0, 0.1) is 0 Å². The highest BCUT2D eigenvalue weighted by atomic mass is 17.1. The lowest BCUT2D eigenvalue weighted by Crippen LogP contribution is -2.01. The first-order valence-electron chi connectivity index (χ1n) is 3.72. The third kappa shape index (κ3) is 1.83. The minimum atomic E-state index is -0.717. The topological polar surface area (TPSA) is 46.5 Å². The molecule has 0 radical (unpaired) electrons. The summed E-state index contributed by atoms with van der Waals surface area (Å²) >= 11 is 0. The van der Waals surface area contributed by atoms with Crippen LogP contribution in [0.2, 0.25) is 0 Å². The summed E-state index contributed by atoms with van der Waals surface area (Å²) < 4.78 is 0. The van der Waals surface area contributed by atoms with Gasteiger partial charge in [0.05, 0.1) is 5.56 Å². The van der Waals surface area contributed by atoms with E-state index in [2.05, 4.69) is 4.89 Å². The highest BCUT2D eigenvalue weighted by molar-refractivity contribution is 5.89. The van der Waals surface area contributed by atoms with E-state index in [1.807, 2.05) is 13.0 Å². The summed E-state index contributed by atoms with van der Waals surface area (Å²) in [7, 11) is 0. The molecule has 0 atom stereocenters. The van der Waals surface area contributed by atoms with E-state index in [0.29, 0.717) is 5.56 Å². The first-order chi connectivity index (χ1) is 5.77. The number of carbonyl (C=O) groups is 1. The van der Waals surface area contributed by atoms with E-state index >= 15 is 0 Å². The van der Waals surface area contributed by atoms with Crippen LogP contribution in [0.1, 0.15) is 22.8 Å². The standard InChI is InChI=1S/C9H10O3/c1-2-7-4-3-5-8(6-7)9(10)12-11/h3-6,11H,2H2,1H3. The maximum Gasteiger partial charge on any atom is 0.372 e. The highest BCUT2D eigenvalue weighted by Crippen LogP contribution is 2.06. The molecule has 1 N–H and O–H groups in total. The molecule has 3 heteroatoms. The SMILES string of the molecule is CCc1cccc(C(=O)OO)c1. The van der Waals surface area contributed by atoms with Crippen molar-refractivity contribution in [2.24, 2.45) is 0 Å². The van der Waals surface area contributed by atoms with Gasteiger partial charge in [0.1, 0.15) is 0 Å². The fraction of sp³-hybridized carbons (Fsp3) is 0.222. The van der Waals surface area contributed by atoms with Gasteiger partial charge in [-0.3, -0.25) is 4.89 Å². The van der Waals surface area contributed by atoms with Crippen molar-refractivity contribution in [2.45, 2.75) is 13.3 Å². The van der Waals surface area contributed by atoms with Gasteiger partial charge in [-0.05, 0) is 24.1 Å². The molecule has 0 aromatic heterocycles. The summed E-state index contributed by atoms with van der Waals surface area (Å²) in [5.41, 5.74) is 1.41.